The predicted molar refractivity (Wildman–Crippen MR) is 76.4 cm³/mol. The average Bonchev–Trinajstić information content (AvgIpc) is 2.98. The molecule has 0 aromatic carbocycles. The quantitative estimate of drug-likeness (QED) is 0.631. The molecule has 1 aromatic heterocycles. The summed E-state index contributed by atoms with van der Waals surface area (Å²) in [6.07, 6.45) is 4.03. The molecule has 7 nitrogen and oxygen atoms in total. The van der Waals surface area contributed by atoms with Gasteiger partial charge in [0.15, 0.2) is 0 Å². The minimum Gasteiger partial charge on any atom is -0.461 e. The summed E-state index contributed by atoms with van der Waals surface area (Å²) in [5.74, 6) is 8.02. The number of nitrogen functional groups attached to an aromatic ring is 1. The Morgan fingerprint density at radius 1 is 1.20 bits per heavy atom. The molecule has 2 atom stereocenters. The van der Waals surface area contributed by atoms with Crippen molar-refractivity contribution in [3.05, 3.63) is 0 Å². The number of aromatic nitrogens is 3. The SMILES string of the molecule is CC(C)Oc1nc(NN)nc(N2CC3CCCC3C2)n1. The lowest BCUT2D eigenvalue weighted by Crippen LogP contribution is -2.25. The molecule has 0 radical (unpaired) electrons. The molecule has 2 unspecified atom stereocenters. The molecule has 0 amide bonds. The van der Waals surface area contributed by atoms with Gasteiger partial charge in [-0.15, -0.1) is 0 Å². The van der Waals surface area contributed by atoms with Gasteiger partial charge in [-0.25, -0.2) is 5.84 Å². The summed E-state index contributed by atoms with van der Waals surface area (Å²) >= 11 is 0. The minimum atomic E-state index is 0.0221. The molecule has 1 saturated heterocycles. The maximum atomic E-state index is 5.57. The van der Waals surface area contributed by atoms with E-state index in [-0.39, 0.29) is 6.10 Å². The summed E-state index contributed by atoms with van der Waals surface area (Å²) in [5.41, 5.74) is 2.49. The molecule has 0 spiro atoms. The second kappa shape index (κ2) is 5.40. The Kier molecular flexibility index (Phi) is 3.60. The van der Waals surface area contributed by atoms with Gasteiger partial charge in [-0.1, -0.05) is 6.42 Å². The fourth-order valence-electron chi connectivity index (χ4n) is 3.21. The summed E-state index contributed by atoms with van der Waals surface area (Å²) in [7, 11) is 0. The van der Waals surface area contributed by atoms with E-state index in [4.69, 9.17) is 10.6 Å². The lowest BCUT2D eigenvalue weighted by atomic mass is 10.0. The van der Waals surface area contributed by atoms with Gasteiger partial charge in [-0.05, 0) is 38.5 Å². The maximum absolute atomic E-state index is 5.57. The first-order chi connectivity index (χ1) is 9.65. The van der Waals surface area contributed by atoms with E-state index in [1.165, 1.54) is 19.3 Å². The van der Waals surface area contributed by atoms with E-state index in [9.17, 15) is 0 Å². The molecule has 1 aliphatic carbocycles. The van der Waals surface area contributed by atoms with Gasteiger partial charge in [0.2, 0.25) is 11.9 Å². The number of hydrogen-bond donors (Lipinski definition) is 2. The number of nitrogens with one attached hydrogen (secondary N) is 1. The largest absolute Gasteiger partial charge is 0.461 e. The van der Waals surface area contributed by atoms with Crippen molar-refractivity contribution in [1.82, 2.24) is 15.0 Å². The predicted octanol–water partition coefficient (Wildman–Crippen LogP) is 1.18. The fraction of sp³-hybridized carbons (Fsp3) is 0.769. The zero-order chi connectivity index (χ0) is 14.1. The van der Waals surface area contributed by atoms with Gasteiger partial charge in [0.1, 0.15) is 0 Å². The summed E-state index contributed by atoms with van der Waals surface area (Å²) in [6, 6.07) is 0.329. The van der Waals surface area contributed by atoms with Crippen LogP contribution in [0.4, 0.5) is 11.9 Å². The van der Waals surface area contributed by atoms with Gasteiger partial charge in [-0.3, -0.25) is 5.43 Å². The Morgan fingerprint density at radius 3 is 2.50 bits per heavy atom. The molecular weight excluding hydrogens is 256 g/mol. The van der Waals surface area contributed by atoms with Crippen LogP contribution >= 0.6 is 0 Å². The zero-order valence-corrected chi connectivity index (χ0v) is 12.0. The Bertz CT molecular complexity index is 468. The van der Waals surface area contributed by atoms with Crippen LogP contribution in [0.1, 0.15) is 33.1 Å². The van der Waals surface area contributed by atoms with E-state index < -0.39 is 0 Å². The molecule has 2 aliphatic rings. The van der Waals surface area contributed by atoms with Crippen LogP contribution in [0.3, 0.4) is 0 Å². The first kappa shape index (κ1) is 13.4. The number of anilines is 2. The zero-order valence-electron chi connectivity index (χ0n) is 12.0. The van der Waals surface area contributed by atoms with Gasteiger partial charge in [0.05, 0.1) is 6.10 Å². The Morgan fingerprint density at radius 2 is 1.90 bits per heavy atom. The van der Waals surface area contributed by atoms with E-state index in [1.807, 2.05) is 13.8 Å². The van der Waals surface area contributed by atoms with Crippen molar-refractivity contribution in [3.63, 3.8) is 0 Å². The lowest BCUT2D eigenvalue weighted by molar-refractivity contribution is 0.222. The van der Waals surface area contributed by atoms with Gasteiger partial charge < -0.3 is 9.64 Å². The molecule has 1 aromatic rings. The Balaban J connectivity index is 1.81. The van der Waals surface area contributed by atoms with Gasteiger partial charge in [0.25, 0.3) is 0 Å². The van der Waals surface area contributed by atoms with Crippen LogP contribution in [-0.2, 0) is 0 Å². The molecule has 2 fully saturated rings. The van der Waals surface area contributed by atoms with Crippen LogP contribution < -0.4 is 20.9 Å². The smallest absolute Gasteiger partial charge is 0.323 e. The molecule has 0 bridgehead atoms. The summed E-state index contributed by atoms with van der Waals surface area (Å²) in [4.78, 5) is 15.1. The third-order valence-electron chi connectivity index (χ3n) is 4.08. The van der Waals surface area contributed by atoms with Crippen molar-refractivity contribution in [2.75, 3.05) is 23.4 Å². The molecule has 3 N–H and O–H groups in total. The number of nitrogens with zero attached hydrogens (tertiary/aromatic N) is 4. The summed E-state index contributed by atoms with van der Waals surface area (Å²) in [6.45, 7) is 5.94. The topological polar surface area (TPSA) is 89.2 Å². The second-order valence-corrected chi connectivity index (χ2v) is 5.91. The van der Waals surface area contributed by atoms with Crippen molar-refractivity contribution in [2.24, 2.45) is 17.7 Å². The van der Waals surface area contributed by atoms with Crippen LogP contribution in [0, 0.1) is 11.8 Å². The van der Waals surface area contributed by atoms with Gasteiger partial charge in [-0.2, -0.15) is 15.0 Å². The third kappa shape index (κ3) is 2.63. The van der Waals surface area contributed by atoms with Crippen LogP contribution in [-0.4, -0.2) is 34.1 Å². The van der Waals surface area contributed by atoms with Crippen LogP contribution in [0.5, 0.6) is 6.01 Å². The normalized spacial score (nSPS) is 25.1. The molecule has 7 heteroatoms. The van der Waals surface area contributed by atoms with Gasteiger partial charge >= 0.3 is 6.01 Å². The van der Waals surface area contributed by atoms with Crippen molar-refractivity contribution in [3.8, 4) is 6.01 Å². The number of rotatable bonds is 4. The first-order valence-corrected chi connectivity index (χ1v) is 7.30. The van der Waals surface area contributed by atoms with Crippen molar-refractivity contribution < 1.29 is 4.74 Å². The number of nitrogens with two attached hydrogens (primary N) is 1. The summed E-state index contributed by atoms with van der Waals surface area (Å²) in [5, 5.41) is 0. The highest BCUT2D eigenvalue weighted by molar-refractivity contribution is 5.39. The highest BCUT2D eigenvalue weighted by Gasteiger charge is 2.37. The van der Waals surface area contributed by atoms with E-state index in [0.29, 0.717) is 17.9 Å². The first-order valence-electron chi connectivity index (χ1n) is 7.30. The molecule has 2 heterocycles. The molecule has 110 valence electrons. The second-order valence-electron chi connectivity index (χ2n) is 5.91. The average molecular weight is 278 g/mol. The van der Waals surface area contributed by atoms with Gasteiger partial charge in [0, 0.05) is 13.1 Å². The highest BCUT2D eigenvalue weighted by Crippen LogP contribution is 2.38. The monoisotopic (exact) mass is 278 g/mol. The van der Waals surface area contributed by atoms with Crippen LogP contribution in [0.2, 0.25) is 0 Å². The van der Waals surface area contributed by atoms with Crippen LogP contribution in [0.15, 0.2) is 0 Å². The fourth-order valence-corrected chi connectivity index (χ4v) is 3.21. The molecule has 1 saturated carbocycles. The lowest BCUT2D eigenvalue weighted by Gasteiger charge is -2.18. The van der Waals surface area contributed by atoms with Crippen molar-refractivity contribution >= 4 is 11.9 Å². The standard InChI is InChI=1S/C13H22N6O/c1-8(2)20-13-16-11(18-14)15-12(17-13)19-6-9-4-3-5-10(9)7-19/h8-10H,3-7,14H2,1-2H3,(H,15,16,17,18). The minimum absolute atomic E-state index is 0.0221. The Labute approximate surface area is 118 Å². The van der Waals surface area contributed by atoms with Crippen LogP contribution in [0.25, 0.3) is 0 Å². The maximum Gasteiger partial charge on any atom is 0.323 e. The molecule has 1 aliphatic heterocycles. The number of fused-ring (bicyclic) bond motifs is 1. The van der Waals surface area contributed by atoms with Crippen molar-refractivity contribution in [2.45, 2.75) is 39.2 Å². The third-order valence-corrected chi connectivity index (χ3v) is 4.08. The van der Waals surface area contributed by atoms with E-state index in [0.717, 1.165) is 24.9 Å². The summed E-state index contributed by atoms with van der Waals surface area (Å²) < 4.78 is 5.57. The highest BCUT2D eigenvalue weighted by atomic mass is 16.5. The van der Waals surface area contributed by atoms with Crippen molar-refractivity contribution in [1.29, 1.82) is 0 Å². The van der Waals surface area contributed by atoms with E-state index in [2.05, 4.69) is 25.3 Å². The number of ether oxygens (including phenoxy) is 1. The Hall–Kier alpha value is -1.63. The molecular formula is C13H22N6O. The molecule has 20 heavy (non-hydrogen) atoms. The number of hydrogen-bond acceptors (Lipinski definition) is 7. The van der Waals surface area contributed by atoms with E-state index >= 15 is 0 Å². The molecule has 3 rings (SSSR count). The van der Waals surface area contributed by atoms with E-state index in [1.54, 1.807) is 0 Å². The number of hydrazine groups is 1.